The second kappa shape index (κ2) is 8.68. The number of hydrogen-bond donors (Lipinski definition) is 1. The summed E-state index contributed by atoms with van der Waals surface area (Å²) in [4.78, 5) is 10.9. The first kappa shape index (κ1) is 18.2. The van der Waals surface area contributed by atoms with Crippen LogP contribution in [-0.2, 0) is 0 Å². The zero-order chi connectivity index (χ0) is 19.2. The number of anilines is 1. The quantitative estimate of drug-likeness (QED) is 0.696. The Labute approximate surface area is 164 Å². The number of nitriles is 1. The van der Waals surface area contributed by atoms with Gasteiger partial charge in [-0.05, 0) is 43.6 Å². The highest BCUT2D eigenvalue weighted by molar-refractivity contribution is 5.57. The predicted molar refractivity (Wildman–Crippen MR) is 108 cm³/mol. The molecule has 0 spiro atoms. The van der Waals surface area contributed by atoms with Crippen molar-refractivity contribution in [2.24, 2.45) is 0 Å². The zero-order valence-corrected chi connectivity index (χ0v) is 15.7. The van der Waals surface area contributed by atoms with Crippen LogP contribution in [0.1, 0.15) is 36.6 Å². The summed E-state index contributed by atoms with van der Waals surface area (Å²) in [5, 5.41) is 12.8. The topological polar surface area (TPSA) is 78.0 Å². The summed E-state index contributed by atoms with van der Waals surface area (Å²) in [6.45, 7) is 2.83. The number of oxazole rings is 1. The zero-order valence-electron chi connectivity index (χ0n) is 15.7. The van der Waals surface area contributed by atoms with E-state index in [9.17, 15) is 5.26 Å². The minimum Gasteiger partial charge on any atom is -0.419 e. The molecule has 1 atom stereocenters. The summed E-state index contributed by atoms with van der Waals surface area (Å²) in [6, 6.07) is 16.5. The van der Waals surface area contributed by atoms with Gasteiger partial charge in [-0.25, -0.2) is 0 Å². The molecular weight excluding hydrogens is 350 g/mol. The van der Waals surface area contributed by atoms with Gasteiger partial charge in [0.05, 0.1) is 11.6 Å². The molecule has 1 saturated heterocycles. The molecule has 0 bridgehead atoms. The minimum absolute atomic E-state index is 0.222. The largest absolute Gasteiger partial charge is 0.419 e. The van der Waals surface area contributed by atoms with Crippen LogP contribution in [0.2, 0.25) is 0 Å². The molecule has 0 amide bonds. The van der Waals surface area contributed by atoms with E-state index in [1.807, 2.05) is 18.2 Å². The van der Waals surface area contributed by atoms with Gasteiger partial charge in [-0.3, -0.25) is 9.88 Å². The van der Waals surface area contributed by atoms with Crippen LogP contribution in [0, 0.1) is 11.3 Å². The fourth-order valence-corrected chi connectivity index (χ4v) is 3.68. The Morgan fingerprint density at radius 1 is 1.11 bits per heavy atom. The van der Waals surface area contributed by atoms with E-state index >= 15 is 0 Å². The first-order valence-corrected chi connectivity index (χ1v) is 9.69. The number of likely N-dealkylation sites (tertiary alicyclic amines) is 1. The van der Waals surface area contributed by atoms with Gasteiger partial charge in [0.25, 0.3) is 0 Å². The van der Waals surface area contributed by atoms with Crippen LogP contribution >= 0.6 is 0 Å². The van der Waals surface area contributed by atoms with Crippen molar-refractivity contribution in [3.8, 4) is 17.5 Å². The molecule has 1 fully saturated rings. The van der Waals surface area contributed by atoms with Crippen LogP contribution in [0.3, 0.4) is 0 Å². The lowest BCUT2D eigenvalue weighted by atomic mass is 10.0. The Balaban J connectivity index is 1.55. The summed E-state index contributed by atoms with van der Waals surface area (Å²) in [6.07, 6.45) is 7.11. The third-order valence-electron chi connectivity index (χ3n) is 5.11. The summed E-state index contributed by atoms with van der Waals surface area (Å²) in [7, 11) is 0. The molecule has 6 nitrogen and oxygen atoms in total. The van der Waals surface area contributed by atoms with Crippen LogP contribution in [0.5, 0.6) is 0 Å². The molecule has 1 N–H and O–H groups in total. The molecule has 1 aliphatic heterocycles. The Morgan fingerprint density at radius 3 is 2.64 bits per heavy atom. The van der Waals surface area contributed by atoms with Gasteiger partial charge in [-0.2, -0.15) is 10.2 Å². The number of pyridine rings is 1. The highest BCUT2D eigenvalue weighted by Gasteiger charge is 2.23. The number of nitrogens with zero attached hydrogens (tertiary/aromatic N) is 4. The normalized spacial score (nSPS) is 15.7. The second-order valence-electron chi connectivity index (χ2n) is 6.95. The van der Waals surface area contributed by atoms with Crippen LogP contribution in [0.4, 0.5) is 5.88 Å². The lowest BCUT2D eigenvalue weighted by molar-refractivity contribution is 0.170. The Kier molecular flexibility index (Phi) is 5.64. The maximum absolute atomic E-state index is 9.47. The van der Waals surface area contributed by atoms with Crippen molar-refractivity contribution in [1.29, 1.82) is 5.26 Å². The van der Waals surface area contributed by atoms with E-state index in [0.717, 1.165) is 18.7 Å². The predicted octanol–water partition coefficient (Wildman–Crippen LogP) is 4.25. The summed E-state index contributed by atoms with van der Waals surface area (Å²) >= 11 is 0. The van der Waals surface area contributed by atoms with E-state index in [1.54, 1.807) is 12.4 Å². The average molecular weight is 373 g/mol. The second-order valence-corrected chi connectivity index (χ2v) is 6.95. The molecule has 0 aliphatic carbocycles. The Hall–Kier alpha value is -3.17. The molecule has 1 aromatic carbocycles. The number of benzene rings is 1. The number of nitrogens with one attached hydrogen (secondary N) is 1. The van der Waals surface area contributed by atoms with E-state index in [2.05, 4.69) is 50.5 Å². The molecule has 3 heterocycles. The van der Waals surface area contributed by atoms with Gasteiger partial charge < -0.3 is 9.73 Å². The van der Waals surface area contributed by atoms with Crippen molar-refractivity contribution in [3.63, 3.8) is 0 Å². The molecule has 28 heavy (non-hydrogen) atoms. The Morgan fingerprint density at radius 2 is 1.93 bits per heavy atom. The number of rotatable bonds is 6. The van der Waals surface area contributed by atoms with E-state index in [-0.39, 0.29) is 11.7 Å². The molecule has 142 valence electrons. The molecule has 6 heteroatoms. The highest BCUT2D eigenvalue weighted by atomic mass is 16.4. The maximum Gasteiger partial charge on any atom is 0.232 e. The monoisotopic (exact) mass is 373 g/mol. The van der Waals surface area contributed by atoms with E-state index in [4.69, 9.17) is 4.42 Å². The summed E-state index contributed by atoms with van der Waals surface area (Å²) < 4.78 is 5.86. The molecule has 1 aliphatic rings. The van der Waals surface area contributed by atoms with Crippen molar-refractivity contribution in [1.82, 2.24) is 14.9 Å². The van der Waals surface area contributed by atoms with Gasteiger partial charge >= 0.3 is 0 Å². The summed E-state index contributed by atoms with van der Waals surface area (Å²) in [5.74, 6) is 0.820. The van der Waals surface area contributed by atoms with Crippen molar-refractivity contribution in [2.45, 2.75) is 25.3 Å². The number of aromatic nitrogens is 2. The van der Waals surface area contributed by atoms with Crippen LogP contribution in [0.15, 0.2) is 59.3 Å². The van der Waals surface area contributed by atoms with Gasteiger partial charge in [0.2, 0.25) is 17.5 Å². The van der Waals surface area contributed by atoms with Crippen molar-refractivity contribution < 1.29 is 4.42 Å². The smallest absolute Gasteiger partial charge is 0.232 e. The van der Waals surface area contributed by atoms with Crippen molar-refractivity contribution >= 4 is 5.88 Å². The first-order valence-electron chi connectivity index (χ1n) is 9.69. The molecule has 0 saturated carbocycles. The van der Waals surface area contributed by atoms with Gasteiger partial charge in [0, 0.05) is 18.9 Å². The van der Waals surface area contributed by atoms with Crippen molar-refractivity contribution in [3.05, 3.63) is 66.1 Å². The third-order valence-corrected chi connectivity index (χ3v) is 5.11. The first-order chi connectivity index (χ1) is 13.8. The van der Waals surface area contributed by atoms with Crippen LogP contribution in [-0.4, -0.2) is 34.5 Å². The fraction of sp³-hybridized carbons (Fsp3) is 0.318. The number of piperidine rings is 1. The fourth-order valence-electron chi connectivity index (χ4n) is 3.68. The summed E-state index contributed by atoms with van der Waals surface area (Å²) in [5.41, 5.74) is 2.29. The third kappa shape index (κ3) is 4.05. The molecule has 2 aromatic heterocycles. The SMILES string of the molecule is N#Cc1nc(-c2cccnc2)oc1NC[C@H](c1ccccc1)N1CCCCC1. The lowest BCUT2D eigenvalue weighted by Gasteiger charge is -2.35. The van der Waals surface area contributed by atoms with Crippen LogP contribution < -0.4 is 5.32 Å². The van der Waals surface area contributed by atoms with Gasteiger partial charge in [0.1, 0.15) is 6.07 Å². The van der Waals surface area contributed by atoms with Gasteiger partial charge in [-0.1, -0.05) is 36.8 Å². The average Bonchev–Trinajstić information content (AvgIpc) is 3.19. The number of hydrogen-bond acceptors (Lipinski definition) is 6. The van der Waals surface area contributed by atoms with E-state index in [1.165, 1.54) is 24.8 Å². The molecule has 0 radical (unpaired) electrons. The Bertz CT molecular complexity index is 927. The molecule has 0 unspecified atom stereocenters. The standard InChI is InChI=1S/C22H23N5O/c23-14-19-22(28-21(26-19)18-10-7-11-24-15-18)25-16-20(17-8-3-1-4-9-17)27-12-5-2-6-13-27/h1,3-4,7-11,15,20,25H,2,5-6,12-13,16H2/t20-/m1/s1. The van der Waals surface area contributed by atoms with Crippen LogP contribution in [0.25, 0.3) is 11.5 Å². The molecule has 3 aromatic rings. The minimum atomic E-state index is 0.222. The molecular formula is C22H23N5O. The van der Waals surface area contributed by atoms with Gasteiger partial charge in [0.15, 0.2) is 0 Å². The maximum atomic E-state index is 9.47. The lowest BCUT2D eigenvalue weighted by Crippen LogP contribution is -2.37. The van der Waals surface area contributed by atoms with Crippen molar-refractivity contribution in [2.75, 3.05) is 25.0 Å². The molecule has 4 rings (SSSR count). The highest BCUT2D eigenvalue weighted by Crippen LogP contribution is 2.28. The van der Waals surface area contributed by atoms with Gasteiger partial charge in [-0.15, -0.1) is 0 Å². The van der Waals surface area contributed by atoms with E-state index < -0.39 is 0 Å². The van der Waals surface area contributed by atoms with E-state index in [0.29, 0.717) is 18.3 Å².